The minimum Gasteiger partial charge on any atom is -0.268 e. The van der Waals surface area contributed by atoms with E-state index in [4.69, 9.17) is 23.8 Å². The summed E-state index contributed by atoms with van der Waals surface area (Å²) in [7, 11) is 0. The quantitative estimate of drug-likeness (QED) is 0.569. The van der Waals surface area contributed by atoms with Gasteiger partial charge in [-0.1, -0.05) is 47.7 Å². The number of nitrogens with zero attached hydrogens (tertiary/aromatic N) is 1. The zero-order valence-corrected chi connectivity index (χ0v) is 13.5. The number of anilines is 1. The number of thioether (sulfide) groups is 1. The van der Waals surface area contributed by atoms with Gasteiger partial charge in [-0.3, -0.25) is 9.69 Å². The van der Waals surface area contributed by atoms with Crippen LogP contribution >= 0.6 is 35.6 Å². The summed E-state index contributed by atoms with van der Waals surface area (Å²) in [6.45, 7) is 0. The molecule has 0 saturated carbocycles. The number of halogens is 2. The summed E-state index contributed by atoms with van der Waals surface area (Å²) in [4.78, 5) is 14.4. The van der Waals surface area contributed by atoms with Crippen molar-refractivity contribution in [3.05, 3.63) is 69.8 Å². The molecule has 0 unspecified atom stereocenters. The Labute approximate surface area is 141 Å². The van der Waals surface area contributed by atoms with Crippen LogP contribution in [0.25, 0.3) is 6.08 Å². The lowest BCUT2D eigenvalue weighted by atomic mass is 10.2. The van der Waals surface area contributed by atoms with Gasteiger partial charge in [0.15, 0.2) is 4.32 Å². The SMILES string of the molecule is O=C1/C(=C/c2cccc(F)c2)SC(=S)N1c1ccc(Cl)cc1. The van der Waals surface area contributed by atoms with Crippen molar-refractivity contribution < 1.29 is 9.18 Å². The Kier molecular flexibility index (Phi) is 4.29. The monoisotopic (exact) mass is 349 g/mol. The number of hydrogen-bond donors (Lipinski definition) is 0. The average molecular weight is 350 g/mol. The molecule has 6 heteroatoms. The highest BCUT2D eigenvalue weighted by Crippen LogP contribution is 2.36. The molecule has 0 radical (unpaired) electrons. The van der Waals surface area contributed by atoms with Gasteiger partial charge in [-0.05, 0) is 48.0 Å². The minimum absolute atomic E-state index is 0.221. The predicted octanol–water partition coefficient (Wildman–Crippen LogP) is 4.88. The Morgan fingerprint density at radius 2 is 1.91 bits per heavy atom. The molecule has 0 bridgehead atoms. The van der Waals surface area contributed by atoms with E-state index in [0.717, 1.165) is 0 Å². The van der Waals surface area contributed by atoms with E-state index in [9.17, 15) is 9.18 Å². The molecule has 0 atom stereocenters. The smallest absolute Gasteiger partial charge is 0.268 e. The number of rotatable bonds is 2. The van der Waals surface area contributed by atoms with Gasteiger partial charge in [0.25, 0.3) is 5.91 Å². The van der Waals surface area contributed by atoms with Crippen molar-refractivity contribution in [3.8, 4) is 0 Å². The average Bonchev–Trinajstić information content (AvgIpc) is 2.75. The third-order valence-corrected chi connectivity index (χ3v) is 4.58. The Hall–Kier alpha value is -1.69. The van der Waals surface area contributed by atoms with Crippen LogP contribution in [0.2, 0.25) is 5.02 Å². The number of carbonyl (C=O) groups excluding carboxylic acids is 1. The lowest BCUT2D eigenvalue weighted by molar-refractivity contribution is -0.113. The molecule has 1 saturated heterocycles. The van der Waals surface area contributed by atoms with Crippen molar-refractivity contribution in [2.75, 3.05) is 4.90 Å². The van der Waals surface area contributed by atoms with Crippen LogP contribution in [0.4, 0.5) is 10.1 Å². The Balaban J connectivity index is 1.93. The van der Waals surface area contributed by atoms with E-state index in [2.05, 4.69) is 0 Å². The molecule has 2 nitrogen and oxygen atoms in total. The molecule has 1 amide bonds. The van der Waals surface area contributed by atoms with Gasteiger partial charge in [-0.25, -0.2) is 4.39 Å². The van der Waals surface area contributed by atoms with Gasteiger partial charge < -0.3 is 0 Å². The maximum atomic E-state index is 13.2. The molecular weight excluding hydrogens is 341 g/mol. The Bertz CT molecular complexity index is 789. The lowest BCUT2D eigenvalue weighted by Gasteiger charge is -2.14. The van der Waals surface area contributed by atoms with Gasteiger partial charge in [0, 0.05) is 5.02 Å². The van der Waals surface area contributed by atoms with Crippen LogP contribution in [0.1, 0.15) is 5.56 Å². The van der Waals surface area contributed by atoms with E-state index >= 15 is 0 Å². The molecule has 110 valence electrons. The fourth-order valence-electron chi connectivity index (χ4n) is 2.03. The number of thiocarbonyl (C=S) groups is 1. The summed E-state index contributed by atoms with van der Waals surface area (Å²) in [6.07, 6.45) is 1.64. The molecule has 1 aliphatic heterocycles. The maximum absolute atomic E-state index is 13.2. The predicted molar refractivity (Wildman–Crippen MR) is 93.5 cm³/mol. The third-order valence-electron chi connectivity index (χ3n) is 3.02. The van der Waals surface area contributed by atoms with Crippen LogP contribution in [-0.4, -0.2) is 10.2 Å². The first-order chi connectivity index (χ1) is 10.5. The normalized spacial score (nSPS) is 16.6. The standard InChI is InChI=1S/C16H9ClFNOS2/c17-11-4-6-13(7-5-11)19-15(20)14(22-16(19)21)9-10-2-1-3-12(18)8-10/h1-9H/b14-9-. The number of benzene rings is 2. The molecule has 3 rings (SSSR count). The topological polar surface area (TPSA) is 20.3 Å². The second-order valence-corrected chi connectivity index (χ2v) is 6.66. The molecule has 0 aromatic heterocycles. The molecule has 2 aromatic carbocycles. The van der Waals surface area contributed by atoms with Gasteiger partial charge in [-0.15, -0.1) is 0 Å². The molecular formula is C16H9ClFNOS2. The number of carbonyl (C=O) groups is 1. The van der Waals surface area contributed by atoms with Gasteiger partial charge in [0.1, 0.15) is 5.82 Å². The minimum atomic E-state index is -0.345. The molecule has 22 heavy (non-hydrogen) atoms. The summed E-state index contributed by atoms with van der Waals surface area (Å²) < 4.78 is 13.7. The Morgan fingerprint density at radius 1 is 1.18 bits per heavy atom. The van der Waals surface area contributed by atoms with Crippen molar-refractivity contribution in [2.45, 2.75) is 0 Å². The molecule has 1 fully saturated rings. The van der Waals surface area contributed by atoms with Crippen LogP contribution in [0.15, 0.2) is 53.4 Å². The maximum Gasteiger partial charge on any atom is 0.270 e. The third kappa shape index (κ3) is 3.06. The summed E-state index contributed by atoms with van der Waals surface area (Å²) >= 11 is 12.3. The van der Waals surface area contributed by atoms with Crippen molar-refractivity contribution in [3.63, 3.8) is 0 Å². The molecule has 1 heterocycles. The lowest BCUT2D eigenvalue weighted by Crippen LogP contribution is -2.27. The number of amides is 1. The number of hydrogen-bond acceptors (Lipinski definition) is 3. The van der Waals surface area contributed by atoms with E-state index in [1.54, 1.807) is 42.5 Å². The summed E-state index contributed by atoms with van der Waals surface area (Å²) in [5, 5.41) is 0.587. The van der Waals surface area contributed by atoms with Crippen LogP contribution in [0, 0.1) is 5.82 Å². The zero-order valence-electron chi connectivity index (χ0n) is 11.1. The zero-order chi connectivity index (χ0) is 15.7. The highest BCUT2D eigenvalue weighted by molar-refractivity contribution is 8.27. The van der Waals surface area contributed by atoms with Gasteiger partial charge in [-0.2, -0.15) is 0 Å². The van der Waals surface area contributed by atoms with E-state index < -0.39 is 0 Å². The molecule has 2 aromatic rings. The van der Waals surface area contributed by atoms with Crippen molar-refractivity contribution in [2.24, 2.45) is 0 Å². The summed E-state index contributed by atoms with van der Waals surface area (Å²) in [6, 6.07) is 12.9. The first-order valence-corrected chi connectivity index (χ1v) is 7.94. The van der Waals surface area contributed by atoms with Crippen molar-refractivity contribution in [1.82, 2.24) is 0 Å². The largest absolute Gasteiger partial charge is 0.270 e. The summed E-state index contributed by atoms with van der Waals surface area (Å²) in [5.74, 6) is -0.566. The van der Waals surface area contributed by atoms with Crippen molar-refractivity contribution >= 4 is 57.6 Å². The molecule has 0 aliphatic carbocycles. The van der Waals surface area contributed by atoms with E-state index in [1.807, 2.05) is 0 Å². The second-order valence-electron chi connectivity index (χ2n) is 4.55. The first-order valence-electron chi connectivity index (χ1n) is 6.34. The van der Waals surface area contributed by atoms with E-state index in [1.165, 1.54) is 28.8 Å². The van der Waals surface area contributed by atoms with Crippen LogP contribution in [-0.2, 0) is 4.79 Å². The molecule has 0 spiro atoms. The molecule has 1 aliphatic rings. The fourth-order valence-corrected chi connectivity index (χ4v) is 3.45. The van der Waals surface area contributed by atoms with Crippen LogP contribution < -0.4 is 4.90 Å². The van der Waals surface area contributed by atoms with E-state index in [0.29, 0.717) is 25.5 Å². The fraction of sp³-hybridized carbons (Fsp3) is 0. The first kappa shape index (κ1) is 15.2. The Morgan fingerprint density at radius 3 is 2.59 bits per heavy atom. The van der Waals surface area contributed by atoms with Crippen LogP contribution in [0.3, 0.4) is 0 Å². The van der Waals surface area contributed by atoms with Crippen molar-refractivity contribution in [1.29, 1.82) is 0 Å². The van der Waals surface area contributed by atoms with E-state index in [-0.39, 0.29) is 11.7 Å². The van der Waals surface area contributed by atoms with Gasteiger partial charge in [0.2, 0.25) is 0 Å². The van der Waals surface area contributed by atoms with Crippen LogP contribution in [0.5, 0.6) is 0 Å². The second kappa shape index (κ2) is 6.20. The molecule has 0 N–H and O–H groups in total. The highest BCUT2D eigenvalue weighted by atomic mass is 35.5. The summed E-state index contributed by atoms with van der Waals surface area (Å²) in [5.41, 5.74) is 1.28. The van der Waals surface area contributed by atoms with Gasteiger partial charge >= 0.3 is 0 Å². The highest BCUT2D eigenvalue weighted by Gasteiger charge is 2.33. The van der Waals surface area contributed by atoms with Gasteiger partial charge in [0.05, 0.1) is 10.6 Å².